The highest BCUT2D eigenvalue weighted by Crippen LogP contribution is 2.32. The summed E-state index contributed by atoms with van der Waals surface area (Å²) < 4.78 is 29.1. The van der Waals surface area contributed by atoms with Crippen LogP contribution in [0.3, 0.4) is 0 Å². The Bertz CT molecular complexity index is 1220. The Morgan fingerprint density at radius 2 is 1.47 bits per heavy atom. The van der Waals surface area contributed by atoms with Gasteiger partial charge in [-0.2, -0.15) is 4.31 Å². The molecule has 5 nitrogen and oxygen atoms in total. The molecule has 1 atom stereocenters. The minimum absolute atomic E-state index is 0.0493. The summed E-state index contributed by atoms with van der Waals surface area (Å²) in [6, 6.07) is 26.4. The van der Waals surface area contributed by atoms with Crippen molar-refractivity contribution in [3.8, 4) is 0 Å². The zero-order valence-corrected chi connectivity index (χ0v) is 22.0. The molecule has 1 aliphatic carbocycles. The molecule has 0 radical (unpaired) electrons. The summed E-state index contributed by atoms with van der Waals surface area (Å²) in [5.41, 5.74) is 3.18. The molecule has 0 saturated heterocycles. The van der Waals surface area contributed by atoms with Gasteiger partial charge in [0.15, 0.2) is 0 Å². The number of hydrogen-bond acceptors (Lipinski definition) is 3. The number of nitrogens with one attached hydrogen (secondary N) is 1. The van der Waals surface area contributed by atoms with E-state index in [0.717, 1.165) is 36.8 Å². The zero-order valence-electron chi connectivity index (χ0n) is 21.1. The van der Waals surface area contributed by atoms with Gasteiger partial charge >= 0.3 is 0 Å². The second kappa shape index (κ2) is 11.8. The molecule has 1 saturated carbocycles. The van der Waals surface area contributed by atoms with Crippen molar-refractivity contribution in [2.24, 2.45) is 5.92 Å². The van der Waals surface area contributed by atoms with Crippen molar-refractivity contribution in [1.29, 1.82) is 0 Å². The van der Waals surface area contributed by atoms with Crippen LogP contribution < -0.4 is 5.32 Å². The summed E-state index contributed by atoms with van der Waals surface area (Å²) in [5, 5.41) is 3.19. The number of sulfonamides is 1. The second-order valence-electron chi connectivity index (χ2n) is 9.92. The third kappa shape index (κ3) is 6.62. The Hall–Kier alpha value is -2.96. The second-order valence-corrected chi connectivity index (χ2v) is 11.8. The van der Waals surface area contributed by atoms with Gasteiger partial charge in [0.05, 0.1) is 11.3 Å². The summed E-state index contributed by atoms with van der Waals surface area (Å²) >= 11 is 0. The lowest BCUT2D eigenvalue weighted by atomic mass is 9.85. The first-order valence-corrected chi connectivity index (χ1v) is 14.2. The first kappa shape index (κ1) is 26.1. The normalized spacial score (nSPS) is 19.1. The van der Waals surface area contributed by atoms with E-state index >= 15 is 0 Å². The summed E-state index contributed by atoms with van der Waals surface area (Å²) in [4.78, 5) is 12.9. The number of amides is 1. The van der Waals surface area contributed by atoms with Crippen molar-refractivity contribution in [3.63, 3.8) is 0 Å². The molecule has 3 aromatic carbocycles. The Morgan fingerprint density at radius 3 is 2.08 bits per heavy atom. The van der Waals surface area contributed by atoms with Gasteiger partial charge < -0.3 is 5.32 Å². The summed E-state index contributed by atoms with van der Waals surface area (Å²) in [5.74, 6) is 0.299. The molecule has 1 fully saturated rings. The molecule has 0 bridgehead atoms. The quantitative estimate of drug-likeness (QED) is 0.409. The van der Waals surface area contributed by atoms with Crippen LogP contribution in [0.2, 0.25) is 0 Å². The molecule has 0 unspecified atom stereocenters. The molecule has 0 spiro atoms. The highest BCUT2D eigenvalue weighted by Gasteiger charge is 2.33. The van der Waals surface area contributed by atoms with Crippen molar-refractivity contribution in [3.05, 3.63) is 102 Å². The molecule has 1 N–H and O–H groups in total. The molecule has 3 aromatic rings. The fourth-order valence-electron chi connectivity index (χ4n) is 5.00. The van der Waals surface area contributed by atoms with E-state index in [1.54, 1.807) is 28.6 Å². The predicted molar refractivity (Wildman–Crippen MR) is 144 cm³/mol. The zero-order chi connectivity index (χ0) is 25.5. The Balaban J connectivity index is 1.40. The number of carbonyl (C=O) groups is 1. The van der Waals surface area contributed by atoms with Crippen LogP contribution in [-0.4, -0.2) is 31.2 Å². The van der Waals surface area contributed by atoms with Crippen LogP contribution in [0.1, 0.15) is 55.3 Å². The van der Waals surface area contributed by atoms with Crippen LogP contribution in [0.5, 0.6) is 0 Å². The van der Waals surface area contributed by atoms with Crippen molar-refractivity contribution in [2.75, 3.05) is 6.54 Å². The van der Waals surface area contributed by atoms with Crippen molar-refractivity contribution < 1.29 is 13.2 Å². The number of carbonyl (C=O) groups excluding carboxylic acids is 1. The first-order valence-electron chi connectivity index (χ1n) is 12.8. The molecule has 1 amide bonds. The van der Waals surface area contributed by atoms with E-state index < -0.39 is 10.0 Å². The molecule has 0 aliphatic heterocycles. The highest BCUT2D eigenvalue weighted by molar-refractivity contribution is 7.89. The maximum absolute atomic E-state index is 13.7. The Labute approximate surface area is 215 Å². The molecule has 0 aromatic heterocycles. The molecular weight excluding hydrogens is 468 g/mol. The standard InChI is InChI=1S/C30H36N2O3S/c1-23-13-15-25(16-14-23)21-30(33)31-28-19-17-26(18-20-28)22-32(24(2)27-9-5-3-6-10-27)36(34,35)29-11-7-4-8-12-29/h3-16,24,26,28H,17-22H2,1-2H3,(H,31,33)/t24-,26?,28?/m1/s1. The predicted octanol–water partition coefficient (Wildman–Crippen LogP) is 5.66. The number of rotatable bonds is 9. The topological polar surface area (TPSA) is 66.5 Å². The highest BCUT2D eigenvalue weighted by atomic mass is 32.2. The minimum atomic E-state index is -3.65. The van der Waals surface area contributed by atoms with Crippen LogP contribution in [0, 0.1) is 12.8 Å². The van der Waals surface area contributed by atoms with E-state index in [-0.39, 0.29) is 23.9 Å². The molecule has 190 valence electrons. The van der Waals surface area contributed by atoms with Gasteiger partial charge in [0, 0.05) is 18.6 Å². The number of nitrogens with zero attached hydrogens (tertiary/aromatic N) is 1. The lowest BCUT2D eigenvalue weighted by Crippen LogP contribution is -2.42. The maximum Gasteiger partial charge on any atom is 0.243 e. The third-order valence-electron chi connectivity index (χ3n) is 7.20. The van der Waals surface area contributed by atoms with Gasteiger partial charge in [-0.1, -0.05) is 78.4 Å². The monoisotopic (exact) mass is 504 g/mol. The molecule has 36 heavy (non-hydrogen) atoms. The number of benzene rings is 3. The van der Waals surface area contributed by atoms with Gasteiger partial charge in [0.25, 0.3) is 0 Å². The Kier molecular flexibility index (Phi) is 8.60. The van der Waals surface area contributed by atoms with E-state index in [1.807, 2.05) is 74.5 Å². The molecule has 4 rings (SSSR count). The fourth-order valence-corrected chi connectivity index (χ4v) is 6.72. The van der Waals surface area contributed by atoms with E-state index in [0.29, 0.717) is 17.9 Å². The molecule has 0 heterocycles. The lowest BCUT2D eigenvalue weighted by Gasteiger charge is -2.35. The molecule has 6 heteroatoms. The number of hydrogen-bond donors (Lipinski definition) is 1. The van der Waals surface area contributed by atoms with Crippen molar-refractivity contribution in [1.82, 2.24) is 9.62 Å². The number of aryl methyl sites for hydroxylation is 1. The van der Waals surface area contributed by atoms with Gasteiger partial charge in [-0.25, -0.2) is 8.42 Å². The van der Waals surface area contributed by atoms with Crippen molar-refractivity contribution in [2.45, 2.75) is 62.9 Å². The maximum atomic E-state index is 13.7. The van der Waals surface area contributed by atoms with E-state index in [4.69, 9.17) is 0 Å². The third-order valence-corrected chi connectivity index (χ3v) is 9.15. The summed E-state index contributed by atoms with van der Waals surface area (Å²) in [7, 11) is -3.65. The largest absolute Gasteiger partial charge is 0.353 e. The van der Waals surface area contributed by atoms with Crippen LogP contribution in [0.15, 0.2) is 89.8 Å². The first-order chi connectivity index (χ1) is 17.3. The van der Waals surface area contributed by atoms with E-state index in [9.17, 15) is 13.2 Å². The van der Waals surface area contributed by atoms with Crippen LogP contribution in [-0.2, 0) is 21.2 Å². The SMILES string of the molecule is Cc1ccc(CC(=O)NC2CCC(CN([C@H](C)c3ccccc3)S(=O)(=O)c3ccccc3)CC2)cc1. The average molecular weight is 505 g/mol. The van der Waals surface area contributed by atoms with Crippen LogP contribution in [0.25, 0.3) is 0 Å². The minimum Gasteiger partial charge on any atom is -0.353 e. The molecule has 1 aliphatic rings. The smallest absolute Gasteiger partial charge is 0.243 e. The van der Waals surface area contributed by atoms with Gasteiger partial charge in [-0.05, 0) is 68.7 Å². The fraction of sp³-hybridized carbons (Fsp3) is 0.367. The summed E-state index contributed by atoms with van der Waals surface area (Å²) in [6.07, 6.45) is 3.89. The van der Waals surface area contributed by atoms with E-state index in [2.05, 4.69) is 5.32 Å². The molecular formula is C30H36N2O3S. The van der Waals surface area contributed by atoms with Gasteiger partial charge in [0.2, 0.25) is 15.9 Å². The van der Waals surface area contributed by atoms with Gasteiger partial charge in [-0.15, -0.1) is 0 Å². The van der Waals surface area contributed by atoms with E-state index in [1.165, 1.54) is 5.56 Å². The van der Waals surface area contributed by atoms with Gasteiger partial charge in [0.1, 0.15) is 0 Å². The lowest BCUT2D eigenvalue weighted by molar-refractivity contribution is -0.121. The van der Waals surface area contributed by atoms with Crippen LogP contribution in [0.4, 0.5) is 0 Å². The average Bonchev–Trinajstić information content (AvgIpc) is 2.90. The van der Waals surface area contributed by atoms with Crippen LogP contribution >= 0.6 is 0 Å². The van der Waals surface area contributed by atoms with Gasteiger partial charge in [-0.3, -0.25) is 4.79 Å². The van der Waals surface area contributed by atoms with Crippen molar-refractivity contribution >= 4 is 15.9 Å². The summed E-state index contributed by atoms with van der Waals surface area (Å²) in [6.45, 7) is 4.47. The Morgan fingerprint density at radius 1 is 0.889 bits per heavy atom.